The van der Waals surface area contributed by atoms with E-state index in [1.165, 1.54) is 25.1 Å². The molecule has 0 spiro atoms. The first-order chi connectivity index (χ1) is 7.90. The molecule has 1 unspecified atom stereocenters. The summed E-state index contributed by atoms with van der Waals surface area (Å²) >= 11 is 5.70. The maximum absolute atomic E-state index is 11.9. The quantitative estimate of drug-likeness (QED) is 0.876. The summed E-state index contributed by atoms with van der Waals surface area (Å²) in [5, 5.41) is 2.45. The van der Waals surface area contributed by atoms with Gasteiger partial charge in [0.15, 0.2) is 0 Å². The van der Waals surface area contributed by atoms with Crippen molar-refractivity contribution in [2.75, 3.05) is 5.32 Å². The molecule has 1 rings (SSSR count). The molecule has 1 atom stereocenters. The van der Waals surface area contributed by atoms with Gasteiger partial charge in [0.05, 0.1) is 11.1 Å². The number of amides is 1. The maximum atomic E-state index is 11.9. The predicted molar refractivity (Wildman–Crippen MR) is 60.4 cm³/mol. The highest BCUT2D eigenvalue weighted by Crippen LogP contribution is 2.28. The fourth-order valence-electron chi connectivity index (χ4n) is 1.03. The molecule has 17 heavy (non-hydrogen) atoms. The number of halogens is 3. The molecule has 0 radical (unpaired) electrons. The van der Waals surface area contributed by atoms with Gasteiger partial charge in [-0.2, -0.15) is 8.78 Å². The Morgan fingerprint density at radius 1 is 1.53 bits per heavy atom. The molecule has 3 N–H and O–H groups in total. The zero-order chi connectivity index (χ0) is 13.0. The number of ether oxygens (including phenoxy) is 1. The monoisotopic (exact) mass is 264 g/mol. The smallest absolute Gasteiger partial charge is 0.387 e. The fraction of sp³-hybridized carbons (Fsp3) is 0.300. The molecule has 4 nitrogen and oxygen atoms in total. The lowest BCUT2D eigenvalue weighted by Gasteiger charge is -2.10. The van der Waals surface area contributed by atoms with Gasteiger partial charge in [-0.25, -0.2) is 0 Å². The van der Waals surface area contributed by atoms with Crippen molar-refractivity contribution in [2.45, 2.75) is 19.6 Å². The fourth-order valence-corrected chi connectivity index (χ4v) is 1.25. The number of nitrogens with one attached hydrogen (secondary N) is 1. The van der Waals surface area contributed by atoms with E-state index in [-0.39, 0.29) is 10.8 Å². The van der Waals surface area contributed by atoms with E-state index in [0.29, 0.717) is 5.69 Å². The Bertz CT molecular complexity index is 413. The molecular weight excluding hydrogens is 254 g/mol. The first-order valence-corrected chi connectivity index (χ1v) is 5.08. The summed E-state index contributed by atoms with van der Waals surface area (Å²) in [5.41, 5.74) is 5.71. The molecule has 0 aliphatic rings. The van der Waals surface area contributed by atoms with E-state index in [9.17, 15) is 13.6 Å². The highest BCUT2D eigenvalue weighted by molar-refractivity contribution is 6.32. The Balaban J connectivity index is 2.78. The number of nitrogens with two attached hydrogens (primary N) is 1. The Morgan fingerprint density at radius 2 is 2.18 bits per heavy atom. The van der Waals surface area contributed by atoms with Gasteiger partial charge in [-0.1, -0.05) is 11.6 Å². The lowest BCUT2D eigenvalue weighted by molar-refractivity contribution is -0.117. The van der Waals surface area contributed by atoms with Crippen molar-refractivity contribution >= 4 is 23.2 Å². The summed E-state index contributed by atoms with van der Waals surface area (Å²) in [6.07, 6.45) is 0. The van der Waals surface area contributed by atoms with E-state index in [1.54, 1.807) is 0 Å². The first-order valence-electron chi connectivity index (χ1n) is 4.71. The molecule has 0 bridgehead atoms. The Hall–Kier alpha value is -1.40. The van der Waals surface area contributed by atoms with Crippen molar-refractivity contribution in [1.29, 1.82) is 0 Å². The van der Waals surface area contributed by atoms with Crippen LogP contribution in [0.4, 0.5) is 14.5 Å². The first kappa shape index (κ1) is 13.7. The van der Waals surface area contributed by atoms with Crippen LogP contribution >= 0.6 is 11.6 Å². The van der Waals surface area contributed by atoms with E-state index in [1.807, 2.05) is 0 Å². The molecule has 1 amide bonds. The van der Waals surface area contributed by atoms with Gasteiger partial charge in [0, 0.05) is 5.69 Å². The number of anilines is 1. The molecule has 0 saturated carbocycles. The van der Waals surface area contributed by atoms with Crippen LogP contribution in [0.15, 0.2) is 18.2 Å². The maximum Gasteiger partial charge on any atom is 0.387 e. The minimum Gasteiger partial charge on any atom is -0.433 e. The van der Waals surface area contributed by atoms with E-state index in [4.69, 9.17) is 17.3 Å². The number of benzene rings is 1. The zero-order valence-corrected chi connectivity index (χ0v) is 9.67. The number of alkyl halides is 2. The lowest BCUT2D eigenvalue weighted by Crippen LogP contribution is -2.32. The summed E-state index contributed by atoms with van der Waals surface area (Å²) in [6.45, 7) is -1.43. The van der Waals surface area contributed by atoms with E-state index >= 15 is 0 Å². The number of carbonyl (C=O) groups is 1. The molecule has 0 aromatic heterocycles. The molecule has 1 aromatic rings. The third-order valence-electron chi connectivity index (χ3n) is 1.83. The summed E-state index contributed by atoms with van der Waals surface area (Å²) < 4.78 is 28.0. The molecule has 94 valence electrons. The molecule has 0 heterocycles. The summed E-state index contributed by atoms with van der Waals surface area (Å²) in [5.74, 6) is -0.552. The van der Waals surface area contributed by atoms with Gasteiger partial charge in [0.25, 0.3) is 0 Å². The van der Waals surface area contributed by atoms with Crippen LogP contribution in [0.5, 0.6) is 5.75 Å². The summed E-state index contributed by atoms with van der Waals surface area (Å²) in [7, 11) is 0. The highest BCUT2D eigenvalue weighted by atomic mass is 35.5. The number of hydrogen-bond acceptors (Lipinski definition) is 3. The van der Waals surface area contributed by atoms with Crippen molar-refractivity contribution in [3.63, 3.8) is 0 Å². The highest BCUT2D eigenvalue weighted by Gasteiger charge is 2.11. The van der Waals surface area contributed by atoms with Gasteiger partial charge in [0.1, 0.15) is 5.75 Å². The second-order valence-electron chi connectivity index (χ2n) is 3.30. The van der Waals surface area contributed by atoms with Gasteiger partial charge >= 0.3 is 6.61 Å². The van der Waals surface area contributed by atoms with Gasteiger partial charge in [0.2, 0.25) is 5.91 Å². The number of carbonyl (C=O) groups excluding carboxylic acids is 1. The zero-order valence-electron chi connectivity index (χ0n) is 8.91. The molecular formula is C10H11ClF2N2O2. The lowest BCUT2D eigenvalue weighted by atomic mass is 10.2. The van der Waals surface area contributed by atoms with Gasteiger partial charge in [-0.15, -0.1) is 0 Å². The van der Waals surface area contributed by atoms with Gasteiger partial charge < -0.3 is 15.8 Å². The molecule has 0 fully saturated rings. The van der Waals surface area contributed by atoms with Crippen LogP contribution in [0.3, 0.4) is 0 Å². The van der Waals surface area contributed by atoms with Crippen molar-refractivity contribution in [3.05, 3.63) is 23.2 Å². The molecule has 0 aliphatic carbocycles. The SMILES string of the molecule is CC(N)C(=O)Nc1ccc(OC(F)F)c(Cl)c1. The third kappa shape index (κ3) is 4.16. The van der Waals surface area contributed by atoms with Crippen molar-refractivity contribution < 1.29 is 18.3 Å². The largest absolute Gasteiger partial charge is 0.433 e. The van der Waals surface area contributed by atoms with Crippen LogP contribution in [-0.4, -0.2) is 18.6 Å². The Kier molecular flexibility index (Phi) is 4.65. The second-order valence-corrected chi connectivity index (χ2v) is 3.71. The average molecular weight is 265 g/mol. The summed E-state index contributed by atoms with van der Waals surface area (Å²) in [6, 6.07) is 3.26. The molecule has 1 aromatic carbocycles. The van der Waals surface area contributed by atoms with E-state index < -0.39 is 18.6 Å². The van der Waals surface area contributed by atoms with Crippen molar-refractivity contribution in [1.82, 2.24) is 0 Å². The normalized spacial score (nSPS) is 12.4. The topological polar surface area (TPSA) is 64.4 Å². The molecule has 0 aliphatic heterocycles. The molecule has 0 saturated heterocycles. The average Bonchev–Trinajstić information content (AvgIpc) is 2.21. The standard InChI is InChI=1S/C10H11ClF2N2O2/c1-5(14)9(16)15-6-2-3-8(7(11)4-6)17-10(12)13/h2-5,10H,14H2,1H3,(H,15,16). The third-order valence-corrected chi connectivity index (χ3v) is 2.12. The van der Waals surface area contributed by atoms with Crippen LogP contribution < -0.4 is 15.8 Å². The second kappa shape index (κ2) is 5.79. The number of hydrogen-bond donors (Lipinski definition) is 2. The predicted octanol–water partition coefficient (Wildman–Crippen LogP) is 2.23. The van der Waals surface area contributed by atoms with Crippen LogP contribution in [0.2, 0.25) is 5.02 Å². The number of rotatable bonds is 4. The van der Waals surface area contributed by atoms with Gasteiger partial charge in [-0.3, -0.25) is 4.79 Å². The minimum absolute atomic E-state index is 0.0206. The Labute approximate surface area is 102 Å². The van der Waals surface area contributed by atoms with E-state index in [0.717, 1.165) is 0 Å². The van der Waals surface area contributed by atoms with Crippen LogP contribution in [0.1, 0.15) is 6.92 Å². The van der Waals surface area contributed by atoms with Crippen LogP contribution in [0, 0.1) is 0 Å². The summed E-state index contributed by atoms with van der Waals surface area (Å²) in [4.78, 5) is 11.3. The van der Waals surface area contributed by atoms with E-state index in [2.05, 4.69) is 10.1 Å². The van der Waals surface area contributed by atoms with Crippen LogP contribution in [0.25, 0.3) is 0 Å². The van der Waals surface area contributed by atoms with Crippen molar-refractivity contribution in [3.8, 4) is 5.75 Å². The van der Waals surface area contributed by atoms with Crippen LogP contribution in [-0.2, 0) is 4.79 Å². The Morgan fingerprint density at radius 3 is 2.65 bits per heavy atom. The van der Waals surface area contributed by atoms with Crippen molar-refractivity contribution in [2.24, 2.45) is 5.73 Å². The minimum atomic E-state index is -2.95. The molecule has 7 heteroatoms. The van der Waals surface area contributed by atoms with Gasteiger partial charge in [-0.05, 0) is 25.1 Å².